The number of aliphatic hydroxyl groups is 1. The highest BCUT2D eigenvalue weighted by Crippen LogP contribution is 2.20. The van der Waals surface area contributed by atoms with Crippen LogP contribution < -0.4 is 5.32 Å². The van der Waals surface area contributed by atoms with Crippen LogP contribution in [0.15, 0.2) is 18.2 Å². The van der Waals surface area contributed by atoms with E-state index >= 15 is 0 Å². The van der Waals surface area contributed by atoms with Gasteiger partial charge in [0, 0.05) is 23.6 Å². The summed E-state index contributed by atoms with van der Waals surface area (Å²) in [5, 5.41) is 12.8. The van der Waals surface area contributed by atoms with E-state index < -0.39 is 0 Å². The van der Waals surface area contributed by atoms with Crippen LogP contribution in [-0.4, -0.2) is 35.7 Å². The third-order valence-corrected chi connectivity index (χ3v) is 3.28. The molecule has 0 aromatic heterocycles. The van der Waals surface area contributed by atoms with E-state index in [1.807, 2.05) is 0 Å². The molecular formula is C12H16Cl2N2O2. The van der Waals surface area contributed by atoms with Crippen molar-refractivity contribution in [2.24, 2.45) is 0 Å². The number of carbonyl (C=O) groups excluding carboxylic acids is 1. The van der Waals surface area contributed by atoms with Crippen molar-refractivity contribution in [2.45, 2.75) is 19.5 Å². The Labute approximate surface area is 116 Å². The Balaban J connectivity index is 2.57. The monoisotopic (exact) mass is 290 g/mol. The molecule has 6 heteroatoms. The van der Waals surface area contributed by atoms with E-state index in [1.54, 1.807) is 32.2 Å². The van der Waals surface area contributed by atoms with Gasteiger partial charge in [-0.1, -0.05) is 29.3 Å². The zero-order valence-corrected chi connectivity index (χ0v) is 11.8. The van der Waals surface area contributed by atoms with Gasteiger partial charge in [-0.25, -0.2) is 4.79 Å². The van der Waals surface area contributed by atoms with Gasteiger partial charge in [0.25, 0.3) is 0 Å². The first-order valence-corrected chi connectivity index (χ1v) is 6.26. The largest absolute Gasteiger partial charge is 0.394 e. The molecule has 1 aromatic carbocycles. The number of likely N-dealkylation sites (N-methyl/N-ethyl adjacent to an activating group) is 1. The predicted molar refractivity (Wildman–Crippen MR) is 73.0 cm³/mol. The number of benzene rings is 1. The molecule has 18 heavy (non-hydrogen) atoms. The van der Waals surface area contributed by atoms with Gasteiger partial charge in [0.05, 0.1) is 12.6 Å². The van der Waals surface area contributed by atoms with Crippen molar-refractivity contribution in [1.29, 1.82) is 0 Å². The highest BCUT2D eigenvalue weighted by atomic mass is 35.5. The molecule has 0 aliphatic rings. The summed E-state index contributed by atoms with van der Waals surface area (Å²) in [6.45, 7) is 2.00. The van der Waals surface area contributed by atoms with Crippen molar-refractivity contribution in [1.82, 2.24) is 10.2 Å². The van der Waals surface area contributed by atoms with Gasteiger partial charge >= 0.3 is 6.03 Å². The summed E-state index contributed by atoms with van der Waals surface area (Å²) in [6, 6.07) is 4.62. The summed E-state index contributed by atoms with van der Waals surface area (Å²) in [6.07, 6.45) is 0. The number of nitrogens with one attached hydrogen (secondary N) is 1. The Morgan fingerprint density at radius 1 is 1.50 bits per heavy atom. The molecule has 2 N–H and O–H groups in total. The van der Waals surface area contributed by atoms with Crippen LogP contribution in [0.5, 0.6) is 0 Å². The lowest BCUT2D eigenvalue weighted by atomic mass is 10.2. The van der Waals surface area contributed by atoms with Crippen LogP contribution in [0.1, 0.15) is 12.5 Å². The lowest BCUT2D eigenvalue weighted by Gasteiger charge is -2.23. The minimum absolute atomic E-state index is 0.0778. The van der Waals surface area contributed by atoms with E-state index in [4.69, 9.17) is 28.3 Å². The lowest BCUT2D eigenvalue weighted by Crippen LogP contribution is -2.43. The van der Waals surface area contributed by atoms with Gasteiger partial charge in [-0.05, 0) is 24.6 Å². The maximum Gasteiger partial charge on any atom is 0.317 e. The van der Waals surface area contributed by atoms with Crippen molar-refractivity contribution < 1.29 is 9.90 Å². The molecule has 1 unspecified atom stereocenters. The zero-order chi connectivity index (χ0) is 13.7. The van der Waals surface area contributed by atoms with Crippen molar-refractivity contribution in [3.63, 3.8) is 0 Å². The molecule has 4 nitrogen and oxygen atoms in total. The molecule has 0 aliphatic carbocycles. The van der Waals surface area contributed by atoms with Crippen molar-refractivity contribution in [2.75, 3.05) is 13.7 Å². The van der Waals surface area contributed by atoms with E-state index in [0.29, 0.717) is 16.6 Å². The number of aliphatic hydroxyl groups excluding tert-OH is 1. The average molecular weight is 291 g/mol. The number of nitrogens with zero attached hydrogens (tertiary/aromatic N) is 1. The maximum absolute atomic E-state index is 11.7. The number of hydrogen-bond donors (Lipinski definition) is 2. The number of rotatable bonds is 4. The fraction of sp³-hybridized carbons (Fsp3) is 0.417. The summed E-state index contributed by atoms with van der Waals surface area (Å²) < 4.78 is 0. The minimum Gasteiger partial charge on any atom is -0.394 e. The van der Waals surface area contributed by atoms with Gasteiger partial charge in [0.1, 0.15) is 0 Å². The Morgan fingerprint density at radius 2 is 2.17 bits per heavy atom. The summed E-state index contributed by atoms with van der Waals surface area (Å²) >= 11 is 11.8. The minimum atomic E-state index is -0.262. The average Bonchev–Trinajstić information content (AvgIpc) is 2.35. The van der Waals surface area contributed by atoms with Gasteiger partial charge in [-0.2, -0.15) is 0 Å². The summed E-state index contributed by atoms with van der Waals surface area (Å²) in [4.78, 5) is 13.2. The third-order valence-electron chi connectivity index (χ3n) is 2.69. The number of urea groups is 1. The van der Waals surface area contributed by atoms with Gasteiger partial charge in [-0.15, -0.1) is 0 Å². The van der Waals surface area contributed by atoms with E-state index in [9.17, 15) is 4.79 Å². The van der Waals surface area contributed by atoms with Crippen LogP contribution in [0.3, 0.4) is 0 Å². The molecular weight excluding hydrogens is 275 g/mol. The molecule has 0 saturated carbocycles. The number of halogens is 2. The molecule has 2 amide bonds. The third kappa shape index (κ3) is 4.05. The fourth-order valence-corrected chi connectivity index (χ4v) is 1.76. The van der Waals surface area contributed by atoms with Crippen LogP contribution >= 0.6 is 23.2 Å². The second kappa shape index (κ2) is 6.83. The first kappa shape index (κ1) is 15.1. The molecule has 0 radical (unpaired) electrons. The molecule has 1 aromatic rings. The number of carbonyl (C=O) groups is 1. The van der Waals surface area contributed by atoms with Crippen LogP contribution in [0.2, 0.25) is 10.0 Å². The smallest absolute Gasteiger partial charge is 0.317 e. The number of amides is 2. The molecule has 0 heterocycles. The van der Waals surface area contributed by atoms with E-state index in [2.05, 4.69) is 5.32 Å². The van der Waals surface area contributed by atoms with Gasteiger partial charge in [-0.3, -0.25) is 0 Å². The molecule has 0 bridgehead atoms. The molecule has 0 spiro atoms. The van der Waals surface area contributed by atoms with Crippen molar-refractivity contribution in [3.05, 3.63) is 33.8 Å². The Morgan fingerprint density at radius 3 is 2.72 bits per heavy atom. The molecule has 1 atom stereocenters. The van der Waals surface area contributed by atoms with Crippen LogP contribution in [0.4, 0.5) is 4.79 Å². The quantitative estimate of drug-likeness (QED) is 0.895. The second-order valence-electron chi connectivity index (χ2n) is 4.04. The summed E-state index contributed by atoms with van der Waals surface area (Å²) in [5.41, 5.74) is 0.791. The lowest BCUT2D eigenvalue weighted by molar-refractivity contribution is 0.157. The van der Waals surface area contributed by atoms with E-state index in [0.717, 1.165) is 5.56 Å². The first-order valence-electron chi connectivity index (χ1n) is 5.51. The Kier molecular flexibility index (Phi) is 5.72. The predicted octanol–water partition coefficient (Wildman–Crippen LogP) is 2.52. The van der Waals surface area contributed by atoms with E-state index in [-0.39, 0.29) is 18.7 Å². The Hall–Kier alpha value is -0.970. The molecule has 0 aliphatic heterocycles. The highest BCUT2D eigenvalue weighted by Gasteiger charge is 2.14. The summed E-state index contributed by atoms with van der Waals surface area (Å²) in [5.74, 6) is 0. The van der Waals surface area contributed by atoms with Crippen LogP contribution in [-0.2, 0) is 6.54 Å². The van der Waals surface area contributed by atoms with E-state index in [1.165, 1.54) is 4.90 Å². The molecule has 0 fully saturated rings. The fourth-order valence-electron chi connectivity index (χ4n) is 1.28. The van der Waals surface area contributed by atoms with Gasteiger partial charge in [0.2, 0.25) is 0 Å². The zero-order valence-electron chi connectivity index (χ0n) is 10.3. The normalized spacial score (nSPS) is 12.1. The van der Waals surface area contributed by atoms with Crippen molar-refractivity contribution in [3.8, 4) is 0 Å². The molecule has 0 saturated heterocycles. The second-order valence-corrected chi connectivity index (χ2v) is 4.88. The first-order chi connectivity index (χ1) is 8.45. The van der Waals surface area contributed by atoms with Crippen LogP contribution in [0.25, 0.3) is 0 Å². The van der Waals surface area contributed by atoms with Crippen molar-refractivity contribution >= 4 is 29.2 Å². The standard InChI is InChI=1S/C12H16Cl2N2O2/c1-8(7-17)16(2)12(18)15-6-9-3-4-10(13)5-11(9)14/h3-5,8,17H,6-7H2,1-2H3,(H,15,18). The Bertz CT molecular complexity index is 427. The van der Waals surface area contributed by atoms with Crippen LogP contribution in [0, 0.1) is 0 Å². The topological polar surface area (TPSA) is 52.6 Å². The SMILES string of the molecule is CC(CO)N(C)C(=O)NCc1ccc(Cl)cc1Cl. The number of hydrogen-bond acceptors (Lipinski definition) is 2. The maximum atomic E-state index is 11.7. The van der Waals surface area contributed by atoms with Gasteiger partial charge in [0.15, 0.2) is 0 Å². The van der Waals surface area contributed by atoms with Gasteiger partial charge < -0.3 is 15.3 Å². The molecule has 100 valence electrons. The molecule has 1 rings (SSSR count). The highest BCUT2D eigenvalue weighted by molar-refractivity contribution is 6.35. The summed E-state index contributed by atoms with van der Waals surface area (Å²) in [7, 11) is 1.62.